The van der Waals surface area contributed by atoms with Gasteiger partial charge in [-0.1, -0.05) is 55.0 Å². The van der Waals surface area contributed by atoms with Gasteiger partial charge in [0.25, 0.3) is 0 Å². The third-order valence-corrected chi connectivity index (χ3v) is 5.58. The van der Waals surface area contributed by atoms with Gasteiger partial charge < -0.3 is 9.30 Å². The molecule has 3 aromatic rings. The number of hydrogen-bond donors (Lipinski definition) is 0. The van der Waals surface area contributed by atoms with Crippen molar-refractivity contribution in [1.29, 1.82) is 0 Å². The Bertz CT molecular complexity index is 926. The van der Waals surface area contributed by atoms with Crippen molar-refractivity contribution in [1.82, 2.24) is 9.47 Å². The second-order valence-electron chi connectivity index (χ2n) is 7.47. The van der Waals surface area contributed by atoms with Gasteiger partial charge in [0.1, 0.15) is 6.04 Å². The zero-order valence-electron chi connectivity index (χ0n) is 16.5. The highest BCUT2D eigenvalue weighted by Crippen LogP contribution is 2.33. The van der Waals surface area contributed by atoms with Crippen molar-refractivity contribution in [2.75, 3.05) is 19.7 Å². The Labute approximate surface area is 166 Å². The van der Waals surface area contributed by atoms with Gasteiger partial charge in [-0.15, -0.1) is 0 Å². The molecule has 0 saturated carbocycles. The molecule has 1 atom stereocenters. The van der Waals surface area contributed by atoms with Gasteiger partial charge in [-0.3, -0.25) is 4.90 Å². The highest BCUT2D eigenvalue weighted by molar-refractivity contribution is 5.90. The molecule has 1 aliphatic rings. The molecule has 2 heterocycles. The fourth-order valence-corrected chi connectivity index (χ4v) is 4.27. The summed E-state index contributed by atoms with van der Waals surface area (Å²) in [5.74, 6) is -0.132. The van der Waals surface area contributed by atoms with Crippen LogP contribution in [0.3, 0.4) is 0 Å². The van der Waals surface area contributed by atoms with E-state index in [2.05, 4.69) is 64.2 Å². The van der Waals surface area contributed by atoms with Crippen LogP contribution >= 0.6 is 0 Å². The van der Waals surface area contributed by atoms with E-state index in [1.54, 1.807) is 0 Å². The van der Waals surface area contributed by atoms with E-state index < -0.39 is 0 Å². The predicted octanol–water partition coefficient (Wildman–Crippen LogP) is 4.78. The molecule has 2 aromatic carbocycles. The maximum Gasteiger partial charge on any atom is 0.328 e. The summed E-state index contributed by atoms with van der Waals surface area (Å²) >= 11 is 0. The maximum absolute atomic E-state index is 13.0. The minimum Gasteiger partial charge on any atom is -0.465 e. The lowest BCUT2D eigenvalue weighted by atomic mass is 10.0. The van der Waals surface area contributed by atoms with Crippen LogP contribution in [0.2, 0.25) is 0 Å². The van der Waals surface area contributed by atoms with Crippen LogP contribution in [0.5, 0.6) is 0 Å². The Morgan fingerprint density at radius 3 is 2.46 bits per heavy atom. The first-order valence-electron chi connectivity index (χ1n) is 10.3. The summed E-state index contributed by atoms with van der Waals surface area (Å²) in [7, 11) is 0. The number of esters is 1. The lowest BCUT2D eigenvalue weighted by Gasteiger charge is -2.32. The zero-order valence-corrected chi connectivity index (χ0v) is 16.5. The fraction of sp³-hybridized carbons (Fsp3) is 0.375. The molecule has 1 aliphatic heterocycles. The Balaban J connectivity index is 1.77. The fourth-order valence-electron chi connectivity index (χ4n) is 4.27. The zero-order chi connectivity index (χ0) is 19.3. The van der Waals surface area contributed by atoms with Crippen LogP contribution in [0.1, 0.15) is 43.4 Å². The molecular weight excluding hydrogens is 348 g/mol. The standard InChI is InChI=1S/C24H28N2O2/c1-2-28-24(27)23(25-15-9-4-10-16-25)21-18-26(17-19-11-5-3-6-12-19)22-14-8-7-13-20(21)22/h3,5-8,11-14,18,23H,2,4,9-10,15-17H2,1H3. The average molecular weight is 377 g/mol. The van der Waals surface area contributed by atoms with E-state index in [0.717, 1.165) is 48.9 Å². The van der Waals surface area contributed by atoms with E-state index in [1.807, 2.05) is 13.0 Å². The molecule has 28 heavy (non-hydrogen) atoms. The van der Waals surface area contributed by atoms with Crippen LogP contribution in [0.25, 0.3) is 10.9 Å². The Kier molecular flexibility index (Phi) is 5.77. The SMILES string of the molecule is CCOC(=O)C(c1cn(Cc2ccccc2)c2ccccc12)N1CCCCC1. The van der Waals surface area contributed by atoms with E-state index in [-0.39, 0.29) is 12.0 Å². The minimum absolute atomic E-state index is 0.132. The van der Waals surface area contributed by atoms with Gasteiger partial charge in [0.15, 0.2) is 0 Å². The Hall–Kier alpha value is -2.59. The molecule has 0 N–H and O–H groups in total. The number of fused-ring (bicyclic) bond motifs is 1. The molecule has 146 valence electrons. The lowest BCUT2D eigenvalue weighted by Crippen LogP contribution is -2.38. The van der Waals surface area contributed by atoms with Crippen molar-refractivity contribution >= 4 is 16.9 Å². The molecule has 0 spiro atoms. The molecule has 1 aromatic heterocycles. The summed E-state index contributed by atoms with van der Waals surface area (Å²) in [6.45, 7) is 4.97. The van der Waals surface area contributed by atoms with Gasteiger partial charge in [-0.2, -0.15) is 0 Å². The Morgan fingerprint density at radius 2 is 1.71 bits per heavy atom. The predicted molar refractivity (Wildman–Crippen MR) is 112 cm³/mol. The molecule has 0 aliphatic carbocycles. The van der Waals surface area contributed by atoms with Crippen LogP contribution in [-0.2, 0) is 16.1 Å². The molecule has 0 amide bonds. The number of nitrogens with zero attached hydrogens (tertiary/aromatic N) is 2. The van der Waals surface area contributed by atoms with E-state index in [0.29, 0.717) is 6.61 Å². The van der Waals surface area contributed by atoms with Crippen molar-refractivity contribution in [3.05, 3.63) is 71.9 Å². The lowest BCUT2D eigenvalue weighted by molar-refractivity contribution is -0.150. The number of likely N-dealkylation sites (tertiary alicyclic amines) is 1. The molecule has 0 radical (unpaired) electrons. The third kappa shape index (κ3) is 3.83. The number of carbonyl (C=O) groups excluding carboxylic acids is 1. The molecule has 4 heteroatoms. The van der Waals surface area contributed by atoms with Crippen LogP contribution in [0.4, 0.5) is 0 Å². The van der Waals surface area contributed by atoms with Crippen molar-refractivity contribution in [3.8, 4) is 0 Å². The number of para-hydroxylation sites is 1. The first kappa shape index (κ1) is 18.8. The van der Waals surface area contributed by atoms with Crippen LogP contribution in [0.15, 0.2) is 60.8 Å². The van der Waals surface area contributed by atoms with Crippen LogP contribution < -0.4 is 0 Å². The summed E-state index contributed by atoms with van der Waals surface area (Å²) in [4.78, 5) is 15.3. The van der Waals surface area contributed by atoms with Gasteiger partial charge in [0.2, 0.25) is 0 Å². The topological polar surface area (TPSA) is 34.5 Å². The summed E-state index contributed by atoms with van der Waals surface area (Å²) < 4.78 is 7.76. The number of aromatic nitrogens is 1. The Morgan fingerprint density at radius 1 is 1.00 bits per heavy atom. The summed E-state index contributed by atoms with van der Waals surface area (Å²) in [6, 6.07) is 18.5. The molecule has 1 unspecified atom stereocenters. The molecule has 4 nitrogen and oxygen atoms in total. The number of benzene rings is 2. The smallest absolute Gasteiger partial charge is 0.328 e. The largest absolute Gasteiger partial charge is 0.465 e. The van der Waals surface area contributed by atoms with Crippen LogP contribution in [-0.4, -0.2) is 35.1 Å². The highest BCUT2D eigenvalue weighted by atomic mass is 16.5. The van der Waals surface area contributed by atoms with Gasteiger partial charge in [-0.25, -0.2) is 4.79 Å². The number of hydrogen-bond acceptors (Lipinski definition) is 3. The molecule has 4 rings (SSSR count). The van der Waals surface area contributed by atoms with Gasteiger partial charge in [0.05, 0.1) is 6.61 Å². The first-order chi connectivity index (χ1) is 13.8. The normalized spacial score (nSPS) is 16.2. The van der Waals surface area contributed by atoms with Crippen molar-refractivity contribution in [2.45, 2.75) is 38.8 Å². The van der Waals surface area contributed by atoms with E-state index in [1.165, 1.54) is 12.0 Å². The third-order valence-electron chi connectivity index (χ3n) is 5.58. The number of ether oxygens (including phenoxy) is 1. The average Bonchev–Trinajstić information content (AvgIpc) is 3.08. The molecule has 0 bridgehead atoms. The van der Waals surface area contributed by atoms with Gasteiger partial charge in [0, 0.05) is 29.2 Å². The molecule has 1 saturated heterocycles. The monoisotopic (exact) mass is 376 g/mol. The van der Waals surface area contributed by atoms with E-state index in [9.17, 15) is 4.79 Å². The second-order valence-corrected chi connectivity index (χ2v) is 7.47. The second kappa shape index (κ2) is 8.61. The maximum atomic E-state index is 13.0. The van der Waals surface area contributed by atoms with Crippen molar-refractivity contribution < 1.29 is 9.53 Å². The summed E-state index contributed by atoms with van der Waals surface area (Å²) in [6.07, 6.45) is 5.67. The van der Waals surface area contributed by atoms with Gasteiger partial charge in [-0.05, 0) is 44.5 Å². The van der Waals surface area contributed by atoms with E-state index >= 15 is 0 Å². The minimum atomic E-state index is -0.331. The molecular formula is C24H28N2O2. The number of rotatable bonds is 6. The summed E-state index contributed by atoms with van der Waals surface area (Å²) in [5.41, 5.74) is 3.47. The number of piperidine rings is 1. The van der Waals surface area contributed by atoms with Crippen LogP contribution in [0, 0.1) is 0 Å². The highest BCUT2D eigenvalue weighted by Gasteiger charge is 2.32. The van der Waals surface area contributed by atoms with E-state index in [4.69, 9.17) is 4.74 Å². The van der Waals surface area contributed by atoms with Crippen molar-refractivity contribution in [3.63, 3.8) is 0 Å². The molecule has 1 fully saturated rings. The van der Waals surface area contributed by atoms with Crippen molar-refractivity contribution in [2.24, 2.45) is 0 Å². The number of carbonyl (C=O) groups is 1. The van der Waals surface area contributed by atoms with Gasteiger partial charge >= 0.3 is 5.97 Å². The quantitative estimate of drug-likeness (QED) is 0.581. The first-order valence-corrected chi connectivity index (χ1v) is 10.3. The summed E-state index contributed by atoms with van der Waals surface area (Å²) in [5, 5.41) is 1.14.